The van der Waals surface area contributed by atoms with Gasteiger partial charge in [0.15, 0.2) is 0 Å². The summed E-state index contributed by atoms with van der Waals surface area (Å²) in [5.41, 5.74) is 6.41. The van der Waals surface area contributed by atoms with E-state index in [0.29, 0.717) is 22.9 Å². The van der Waals surface area contributed by atoms with Crippen molar-refractivity contribution in [2.75, 3.05) is 12.4 Å². The molecule has 5 heteroatoms. The van der Waals surface area contributed by atoms with Crippen LogP contribution in [0.2, 0.25) is 5.02 Å². The van der Waals surface area contributed by atoms with E-state index in [1.54, 1.807) is 18.2 Å². The molecule has 0 fully saturated rings. The summed E-state index contributed by atoms with van der Waals surface area (Å²) >= 11 is 5.90. The van der Waals surface area contributed by atoms with Crippen molar-refractivity contribution in [2.45, 2.75) is 32.2 Å². The summed E-state index contributed by atoms with van der Waals surface area (Å²) < 4.78 is 5.08. The molecule has 0 aliphatic carbocycles. The van der Waals surface area contributed by atoms with Gasteiger partial charge in [-0.25, -0.2) is 0 Å². The Bertz CT molecular complexity index is 410. The number of anilines is 1. The normalized spacial score (nSPS) is 12.0. The fraction of sp³-hybridized carbons (Fsp3) is 0.462. The van der Waals surface area contributed by atoms with Crippen molar-refractivity contribution >= 4 is 23.2 Å². The second-order valence-electron chi connectivity index (χ2n) is 4.09. The maximum absolute atomic E-state index is 11.8. The van der Waals surface area contributed by atoms with E-state index in [1.165, 1.54) is 7.11 Å². The molecule has 0 aliphatic rings. The second-order valence-corrected chi connectivity index (χ2v) is 4.49. The van der Waals surface area contributed by atoms with Gasteiger partial charge in [0.1, 0.15) is 5.75 Å². The lowest BCUT2D eigenvalue weighted by atomic mass is 10.1. The van der Waals surface area contributed by atoms with E-state index < -0.39 is 6.04 Å². The van der Waals surface area contributed by atoms with Crippen LogP contribution in [-0.4, -0.2) is 19.1 Å². The van der Waals surface area contributed by atoms with Crippen LogP contribution in [-0.2, 0) is 4.79 Å². The summed E-state index contributed by atoms with van der Waals surface area (Å²) in [5.74, 6) is 0.337. The first kappa shape index (κ1) is 14.8. The molecule has 3 N–H and O–H groups in total. The number of carbonyl (C=O) groups excluding carboxylic acids is 1. The highest BCUT2D eigenvalue weighted by molar-refractivity contribution is 6.32. The number of nitrogens with one attached hydrogen (secondary N) is 1. The number of halogens is 1. The zero-order valence-electron chi connectivity index (χ0n) is 10.7. The molecule has 1 rings (SSSR count). The topological polar surface area (TPSA) is 64.4 Å². The Balaban J connectivity index is 2.64. The molecule has 0 aliphatic heterocycles. The van der Waals surface area contributed by atoms with Crippen LogP contribution in [0.4, 0.5) is 5.69 Å². The molecule has 0 bridgehead atoms. The first-order chi connectivity index (χ1) is 8.58. The van der Waals surface area contributed by atoms with Gasteiger partial charge in [-0.05, 0) is 18.6 Å². The van der Waals surface area contributed by atoms with Crippen LogP contribution in [0.5, 0.6) is 5.75 Å². The van der Waals surface area contributed by atoms with Gasteiger partial charge in [0, 0.05) is 11.8 Å². The van der Waals surface area contributed by atoms with Crippen molar-refractivity contribution in [2.24, 2.45) is 5.73 Å². The van der Waals surface area contributed by atoms with Crippen molar-refractivity contribution in [3.8, 4) is 5.75 Å². The Hall–Kier alpha value is -1.26. The Kier molecular flexibility index (Phi) is 5.95. The Labute approximate surface area is 112 Å². The van der Waals surface area contributed by atoms with Crippen molar-refractivity contribution in [3.63, 3.8) is 0 Å². The first-order valence-corrected chi connectivity index (χ1v) is 6.36. The van der Waals surface area contributed by atoms with Gasteiger partial charge in [-0.15, -0.1) is 0 Å². The van der Waals surface area contributed by atoms with Crippen LogP contribution in [0.25, 0.3) is 0 Å². The average Bonchev–Trinajstić information content (AvgIpc) is 2.37. The fourth-order valence-corrected chi connectivity index (χ4v) is 1.72. The minimum atomic E-state index is -0.480. The lowest BCUT2D eigenvalue weighted by Gasteiger charge is -2.12. The third-order valence-electron chi connectivity index (χ3n) is 2.62. The minimum absolute atomic E-state index is 0.187. The van der Waals surface area contributed by atoms with Gasteiger partial charge < -0.3 is 15.8 Å². The predicted octanol–water partition coefficient (Wildman–Crippen LogP) is 2.80. The van der Waals surface area contributed by atoms with E-state index in [9.17, 15) is 4.79 Å². The van der Waals surface area contributed by atoms with Crippen molar-refractivity contribution in [1.82, 2.24) is 0 Å². The molecular formula is C13H19ClN2O2. The molecule has 0 saturated carbocycles. The molecular weight excluding hydrogens is 252 g/mol. The van der Waals surface area contributed by atoms with E-state index >= 15 is 0 Å². The van der Waals surface area contributed by atoms with Crippen LogP contribution in [0.1, 0.15) is 26.2 Å². The van der Waals surface area contributed by atoms with Crippen LogP contribution >= 0.6 is 11.6 Å². The molecule has 0 radical (unpaired) electrons. The summed E-state index contributed by atoms with van der Waals surface area (Å²) in [4.78, 5) is 11.8. The molecule has 1 unspecified atom stereocenters. The number of rotatable bonds is 6. The third kappa shape index (κ3) is 4.20. The number of hydrogen-bond acceptors (Lipinski definition) is 3. The Morgan fingerprint density at radius 2 is 2.28 bits per heavy atom. The van der Waals surface area contributed by atoms with E-state index in [-0.39, 0.29) is 5.91 Å². The molecule has 0 saturated heterocycles. The van der Waals surface area contributed by atoms with E-state index in [0.717, 1.165) is 12.8 Å². The van der Waals surface area contributed by atoms with Crippen molar-refractivity contribution < 1.29 is 9.53 Å². The fourth-order valence-electron chi connectivity index (χ4n) is 1.53. The number of methoxy groups -OCH3 is 1. The lowest BCUT2D eigenvalue weighted by molar-refractivity contribution is -0.117. The first-order valence-electron chi connectivity index (χ1n) is 5.98. The maximum atomic E-state index is 11.8. The highest BCUT2D eigenvalue weighted by atomic mass is 35.5. The number of hydrogen-bond donors (Lipinski definition) is 2. The molecule has 1 amide bonds. The number of carbonyl (C=O) groups is 1. The van der Waals surface area contributed by atoms with Gasteiger partial charge in [-0.2, -0.15) is 0 Å². The number of unbranched alkanes of at least 4 members (excludes halogenated alkanes) is 1. The molecule has 0 spiro atoms. The molecule has 1 aromatic carbocycles. The highest BCUT2D eigenvalue weighted by Crippen LogP contribution is 2.27. The maximum Gasteiger partial charge on any atom is 0.241 e. The van der Waals surface area contributed by atoms with E-state index in [4.69, 9.17) is 22.1 Å². The Morgan fingerprint density at radius 1 is 1.56 bits per heavy atom. The summed E-state index contributed by atoms with van der Waals surface area (Å²) in [5, 5.41) is 3.26. The lowest BCUT2D eigenvalue weighted by Crippen LogP contribution is -2.35. The average molecular weight is 271 g/mol. The third-order valence-corrected chi connectivity index (χ3v) is 2.94. The monoisotopic (exact) mass is 270 g/mol. The SMILES string of the molecule is CCCCC(N)C(=O)Nc1ccc(Cl)c(OC)c1. The highest BCUT2D eigenvalue weighted by Gasteiger charge is 2.13. The van der Waals surface area contributed by atoms with Crippen LogP contribution < -0.4 is 15.8 Å². The molecule has 18 heavy (non-hydrogen) atoms. The van der Waals surface area contributed by atoms with Gasteiger partial charge in [-0.3, -0.25) is 4.79 Å². The van der Waals surface area contributed by atoms with Crippen LogP contribution in [0, 0.1) is 0 Å². The van der Waals surface area contributed by atoms with Gasteiger partial charge in [-0.1, -0.05) is 31.4 Å². The zero-order chi connectivity index (χ0) is 13.5. The summed E-state index contributed by atoms with van der Waals surface area (Å²) in [6, 6.07) is 4.59. The standard InChI is InChI=1S/C13H19ClN2O2/c1-3-4-5-11(15)13(17)16-9-6-7-10(14)12(8-9)18-2/h6-8,11H,3-5,15H2,1-2H3,(H,16,17). The van der Waals surface area contributed by atoms with E-state index in [2.05, 4.69) is 12.2 Å². The second kappa shape index (κ2) is 7.24. The van der Waals surface area contributed by atoms with Crippen molar-refractivity contribution in [3.05, 3.63) is 23.2 Å². The zero-order valence-corrected chi connectivity index (χ0v) is 11.5. The van der Waals surface area contributed by atoms with E-state index in [1.807, 2.05) is 0 Å². The van der Waals surface area contributed by atoms with Crippen molar-refractivity contribution in [1.29, 1.82) is 0 Å². The Morgan fingerprint density at radius 3 is 2.89 bits per heavy atom. The minimum Gasteiger partial charge on any atom is -0.495 e. The van der Waals surface area contributed by atoms with Gasteiger partial charge in [0.25, 0.3) is 0 Å². The molecule has 4 nitrogen and oxygen atoms in total. The summed E-state index contributed by atoms with van der Waals surface area (Å²) in [7, 11) is 1.53. The smallest absolute Gasteiger partial charge is 0.241 e. The molecule has 0 aromatic heterocycles. The predicted molar refractivity (Wildman–Crippen MR) is 74.1 cm³/mol. The molecule has 1 aromatic rings. The van der Waals surface area contributed by atoms with Crippen LogP contribution in [0.15, 0.2) is 18.2 Å². The number of amides is 1. The largest absolute Gasteiger partial charge is 0.495 e. The van der Waals surface area contributed by atoms with Crippen LogP contribution in [0.3, 0.4) is 0 Å². The summed E-state index contributed by atoms with van der Waals surface area (Å²) in [6.07, 6.45) is 2.65. The molecule has 0 heterocycles. The number of benzene rings is 1. The van der Waals surface area contributed by atoms with Gasteiger partial charge >= 0.3 is 0 Å². The number of nitrogens with two attached hydrogens (primary N) is 1. The molecule has 100 valence electrons. The van der Waals surface area contributed by atoms with Gasteiger partial charge in [0.2, 0.25) is 5.91 Å². The quantitative estimate of drug-likeness (QED) is 0.835. The van der Waals surface area contributed by atoms with Gasteiger partial charge in [0.05, 0.1) is 18.2 Å². The molecule has 1 atom stereocenters. The summed E-state index contributed by atoms with van der Waals surface area (Å²) in [6.45, 7) is 2.06. The number of ether oxygens (including phenoxy) is 1.